The van der Waals surface area contributed by atoms with Crippen molar-refractivity contribution in [2.45, 2.75) is 0 Å². The van der Waals surface area contributed by atoms with Crippen LogP contribution in [0, 0.1) is 10.1 Å². The van der Waals surface area contributed by atoms with E-state index in [0.717, 1.165) is 4.47 Å². The van der Waals surface area contributed by atoms with Gasteiger partial charge in [-0.15, -0.1) is 0 Å². The van der Waals surface area contributed by atoms with Crippen LogP contribution < -0.4 is 0 Å². The van der Waals surface area contributed by atoms with Gasteiger partial charge in [-0.2, -0.15) is 0 Å². The van der Waals surface area contributed by atoms with Gasteiger partial charge in [0.2, 0.25) is 5.78 Å². The predicted octanol–water partition coefficient (Wildman–Crippen LogP) is 2.46. The van der Waals surface area contributed by atoms with Gasteiger partial charge >= 0.3 is 5.82 Å². The van der Waals surface area contributed by atoms with Crippen molar-refractivity contribution in [1.29, 1.82) is 0 Å². The summed E-state index contributed by atoms with van der Waals surface area (Å²) in [5.74, 6) is 0.251. The van der Waals surface area contributed by atoms with E-state index >= 15 is 0 Å². The molecule has 0 bridgehead atoms. The van der Waals surface area contributed by atoms with Gasteiger partial charge in [0, 0.05) is 18.6 Å². The Bertz CT molecular complexity index is 786. The SMILES string of the molecule is O=[N+]([O-])c1ncccc1-c1cn2cc(Br)cnc2n1. The Balaban J connectivity index is 2.22. The molecule has 0 spiro atoms. The van der Waals surface area contributed by atoms with E-state index in [9.17, 15) is 10.1 Å². The third-order valence-corrected chi connectivity index (χ3v) is 2.92. The second kappa shape index (κ2) is 4.39. The fraction of sp³-hybridized carbons (Fsp3) is 0. The van der Waals surface area contributed by atoms with E-state index in [1.165, 1.54) is 6.20 Å². The maximum absolute atomic E-state index is 10.9. The van der Waals surface area contributed by atoms with Crippen LogP contribution in [0.3, 0.4) is 0 Å². The number of hydrogen-bond donors (Lipinski definition) is 0. The van der Waals surface area contributed by atoms with Gasteiger partial charge in [-0.05, 0) is 38.0 Å². The van der Waals surface area contributed by atoms with Crippen LogP contribution in [-0.2, 0) is 0 Å². The predicted molar refractivity (Wildman–Crippen MR) is 70.6 cm³/mol. The van der Waals surface area contributed by atoms with Gasteiger partial charge in [0.1, 0.15) is 6.20 Å². The number of nitrogens with zero attached hydrogens (tertiary/aromatic N) is 5. The van der Waals surface area contributed by atoms with Crippen LogP contribution in [0.5, 0.6) is 0 Å². The smallest absolute Gasteiger partial charge is 0.358 e. The first-order valence-electron chi connectivity index (χ1n) is 5.25. The van der Waals surface area contributed by atoms with Crippen molar-refractivity contribution in [2.24, 2.45) is 0 Å². The molecule has 0 saturated heterocycles. The lowest BCUT2D eigenvalue weighted by molar-refractivity contribution is -0.388. The van der Waals surface area contributed by atoms with Crippen LogP contribution in [0.15, 0.2) is 41.4 Å². The molecule has 3 heterocycles. The van der Waals surface area contributed by atoms with Crippen LogP contribution in [0.1, 0.15) is 0 Å². The maximum Gasteiger partial charge on any atom is 0.372 e. The topological polar surface area (TPSA) is 86.2 Å². The zero-order valence-corrected chi connectivity index (χ0v) is 11.0. The minimum atomic E-state index is -0.525. The van der Waals surface area contributed by atoms with Crippen molar-refractivity contribution in [3.63, 3.8) is 0 Å². The molecule has 8 heteroatoms. The van der Waals surface area contributed by atoms with Crippen LogP contribution >= 0.6 is 15.9 Å². The van der Waals surface area contributed by atoms with Gasteiger partial charge in [-0.3, -0.25) is 4.40 Å². The van der Waals surface area contributed by atoms with E-state index < -0.39 is 4.92 Å². The number of imidazole rings is 1. The number of aromatic nitrogens is 4. The van der Waals surface area contributed by atoms with Crippen molar-refractivity contribution in [1.82, 2.24) is 19.4 Å². The lowest BCUT2D eigenvalue weighted by Crippen LogP contribution is -1.94. The van der Waals surface area contributed by atoms with Crippen molar-refractivity contribution < 1.29 is 4.92 Å². The van der Waals surface area contributed by atoms with Crippen LogP contribution in [0.25, 0.3) is 17.0 Å². The third-order valence-electron chi connectivity index (χ3n) is 2.51. The lowest BCUT2D eigenvalue weighted by Gasteiger charge is -1.97. The highest BCUT2D eigenvalue weighted by atomic mass is 79.9. The summed E-state index contributed by atoms with van der Waals surface area (Å²) in [4.78, 5) is 22.6. The molecule has 0 unspecified atom stereocenters. The summed E-state index contributed by atoms with van der Waals surface area (Å²) in [6.07, 6.45) is 6.45. The van der Waals surface area contributed by atoms with Crippen molar-refractivity contribution in [3.05, 3.63) is 51.5 Å². The Morgan fingerprint density at radius 3 is 2.95 bits per heavy atom. The number of fused-ring (bicyclic) bond motifs is 1. The van der Waals surface area contributed by atoms with Crippen LogP contribution in [-0.4, -0.2) is 24.3 Å². The summed E-state index contributed by atoms with van der Waals surface area (Å²) >= 11 is 3.30. The van der Waals surface area contributed by atoms with E-state index in [1.54, 1.807) is 35.1 Å². The van der Waals surface area contributed by atoms with E-state index in [0.29, 0.717) is 17.0 Å². The number of hydrogen-bond acceptors (Lipinski definition) is 5. The lowest BCUT2D eigenvalue weighted by atomic mass is 10.2. The number of halogens is 1. The zero-order chi connectivity index (χ0) is 13.4. The van der Waals surface area contributed by atoms with E-state index in [-0.39, 0.29) is 5.82 Å². The highest BCUT2D eigenvalue weighted by Crippen LogP contribution is 2.26. The van der Waals surface area contributed by atoms with Gasteiger partial charge in [0.25, 0.3) is 0 Å². The first-order chi connectivity index (χ1) is 9.15. The first kappa shape index (κ1) is 11.7. The fourth-order valence-corrected chi connectivity index (χ4v) is 2.06. The molecule has 0 aromatic carbocycles. The minimum Gasteiger partial charge on any atom is -0.358 e. The summed E-state index contributed by atoms with van der Waals surface area (Å²) in [7, 11) is 0. The molecule has 0 fully saturated rings. The average molecular weight is 320 g/mol. The van der Waals surface area contributed by atoms with E-state index in [4.69, 9.17) is 0 Å². The highest BCUT2D eigenvalue weighted by molar-refractivity contribution is 9.10. The molecule has 3 rings (SSSR count). The molecule has 0 aliphatic carbocycles. The minimum absolute atomic E-state index is 0.218. The van der Waals surface area contributed by atoms with E-state index in [1.807, 2.05) is 0 Å². The first-order valence-corrected chi connectivity index (χ1v) is 6.04. The largest absolute Gasteiger partial charge is 0.372 e. The Kier molecular flexibility index (Phi) is 2.71. The highest BCUT2D eigenvalue weighted by Gasteiger charge is 2.18. The Morgan fingerprint density at radius 1 is 1.32 bits per heavy atom. The second-order valence-electron chi connectivity index (χ2n) is 3.74. The molecule has 0 aliphatic heterocycles. The molecular formula is C11H6BrN5O2. The van der Waals surface area contributed by atoms with Gasteiger partial charge < -0.3 is 10.1 Å². The summed E-state index contributed by atoms with van der Waals surface area (Å²) in [5, 5.41) is 10.9. The molecule has 94 valence electrons. The van der Waals surface area contributed by atoms with Crippen molar-refractivity contribution in [3.8, 4) is 11.3 Å². The Hall–Kier alpha value is -2.35. The molecule has 3 aromatic heterocycles. The number of rotatable bonds is 2. The van der Waals surface area contributed by atoms with Crippen LogP contribution in [0.2, 0.25) is 0 Å². The molecule has 0 amide bonds. The van der Waals surface area contributed by atoms with Gasteiger partial charge in [0.15, 0.2) is 0 Å². The number of nitro groups is 1. The fourth-order valence-electron chi connectivity index (χ4n) is 1.73. The van der Waals surface area contributed by atoms with E-state index in [2.05, 4.69) is 30.9 Å². The third kappa shape index (κ3) is 2.06. The molecule has 0 saturated carbocycles. The monoisotopic (exact) mass is 319 g/mol. The van der Waals surface area contributed by atoms with Gasteiger partial charge in [0.05, 0.1) is 15.7 Å². The molecule has 7 nitrogen and oxygen atoms in total. The van der Waals surface area contributed by atoms with Crippen molar-refractivity contribution >= 4 is 27.5 Å². The molecule has 0 radical (unpaired) electrons. The van der Waals surface area contributed by atoms with Crippen molar-refractivity contribution in [2.75, 3.05) is 0 Å². The number of pyridine rings is 1. The summed E-state index contributed by atoms with van der Waals surface area (Å²) in [5.41, 5.74) is 0.833. The molecule has 0 N–H and O–H groups in total. The molecular weight excluding hydrogens is 314 g/mol. The van der Waals surface area contributed by atoms with Crippen LogP contribution in [0.4, 0.5) is 5.82 Å². The summed E-state index contributed by atoms with van der Waals surface area (Å²) in [6.45, 7) is 0. The Labute approximate surface area is 115 Å². The normalized spacial score (nSPS) is 10.8. The second-order valence-corrected chi connectivity index (χ2v) is 4.65. The average Bonchev–Trinajstić information content (AvgIpc) is 2.81. The summed E-state index contributed by atoms with van der Waals surface area (Å²) < 4.78 is 2.49. The standard InChI is InChI=1S/C11H6BrN5O2/c12-7-4-14-11-15-9(6-16(11)5-7)8-2-1-3-13-10(8)17(18)19/h1-6H. The molecule has 0 atom stereocenters. The van der Waals surface area contributed by atoms with Gasteiger partial charge in [-0.25, -0.2) is 9.97 Å². The quantitative estimate of drug-likeness (QED) is 0.535. The molecule has 3 aromatic rings. The Morgan fingerprint density at radius 2 is 2.16 bits per heavy atom. The van der Waals surface area contributed by atoms with Gasteiger partial charge in [-0.1, -0.05) is 0 Å². The maximum atomic E-state index is 10.9. The molecule has 19 heavy (non-hydrogen) atoms. The zero-order valence-electron chi connectivity index (χ0n) is 9.39. The molecule has 0 aliphatic rings. The summed E-state index contributed by atoms with van der Waals surface area (Å²) in [6, 6.07) is 3.25.